The zero-order valence-corrected chi connectivity index (χ0v) is 15.1. The number of rotatable bonds is 6. The molecule has 0 unspecified atom stereocenters. The number of hydrogen-bond donors (Lipinski definition) is 1. The van der Waals surface area contributed by atoms with Gasteiger partial charge in [-0.1, -0.05) is 30.3 Å². The molecule has 1 N–H and O–H groups in total. The second-order valence-electron chi connectivity index (χ2n) is 4.68. The van der Waals surface area contributed by atoms with Crippen molar-refractivity contribution in [3.63, 3.8) is 0 Å². The zero-order chi connectivity index (χ0) is 14.1. The molecule has 112 valence electrons. The van der Waals surface area contributed by atoms with Gasteiger partial charge in [-0.2, -0.15) is 0 Å². The quantitative estimate of drug-likeness (QED) is 0.266. The van der Waals surface area contributed by atoms with Crippen LogP contribution in [0.5, 0.6) is 0 Å². The van der Waals surface area contributed by atoms with Gasteiger partial charge >= 0.3 is 0 Å². The highest BCUT2D eigenvalue weighted by molar-refractivity contribution is 14.0. The number of benzene rings is 1. The first-order valence-electron chi connectivity index (χ1n) is 6.76. The first-order chi connectivity index (χ1) is 9.19. The molecule has 0 aliphatic carbocycles. The Hall–Kier alpha value is -1.04. The number of unbranched alkanes of at least 4 members (excludes halogenated alkanes) is 1. The number of aryl methyl sites for hydroxylation is 1. The van der Waals surface area contributed by atoms with Crippen molar-refractivity contribution in [1.29, 1.82) is 0 Å². The lowest BCUT2D eigenvalue weighted by Crippen LogP contribution is -2.39. The van der Waals surface area contributed by atoms with Crippen molar-refractivity contribution >= 4 is 29.9 Å². The summed E-state index contributed by atoms with van der Waals surface area (Å²) < 4.78 is 0. The van der Waals surface area contributed by atoms with Crippen molar-refractivity contribution in [2.45, 2.75) is 26.3 Å². The standard InChI is InChI=1S/C16H25N3.HI/c1-5-6-9-12-19(4)16(17-3)18-13-15-11-8-7-10-14(15)2;/h5,7-8,10-11H,1,6,9,12-13H2,2-4H3,(H,17,18);1H. The van der Waals surface area contributed by atoms with Gasteiger partial charge in [-0.05, 0) is 30.9 Å². The molecule has 1 aromatic carbocycles. The van der Waals surface area contributed by atoms with E-state index in [-0.39, 0.29) is 24.0 Å². The Kier molecular flexibility index (Phi) is 10.2. The van der Waals surface area contributed by atoms with Gasteiger partial charge < -0.3 is 10.2 Å². The third-order valence-corrected chi connectivity index (χ3v) is 3.17. The highest BCUT2D eigenvalue weighted by Crippen LogP contribution is 2.06. The molecule has 20 heavy (non-hydrogen) atoms. The molecule has 0 radical (unpaired) electrons. The predicted molar refractivity (Wildman–Crippen MR) is 98.9 cm³/mol. The summed E-state index contributed by atoms with van der Waals surface area (Å²) in [7, 11) is 3.89. The number of aliphatic imine (C=N–C) groups is 1. The summed E-state index contributed by atoms with van der Waals surface area (Å²) in [5, 5.41) is 3.40. The van der Waals surface area contributed by atoms with E-state index in [1.807, 2.05) is 13.1 Å². The van der Waals surface area contributed by atoms with Crippen LogP contribution in [-0.4, -0.2) is 31.5 Å². The minimum absolute atomic E-state index is 0. The lowest BCUT2D eigenvalue weighted by Gasteiger charge is -2.22. The SMILES string of the molecule is C=CCCCN(C)C(=NC)NCc1ccccc1C.I. The Morgan fingerprint density at radius 3 is 2.70 bits per heavy atom. The highest BCUT2D eigenvalue weighted by atomic mass is 127. The monoisotopic (exact) mass is 387 g/mol. The fraction of sp³-hybridized carbons (Fsp3) is 0.438. The Balaban J connectivity index is 0.00000361. The van der Waals surface area contributed by atoms with Gasteiger partial charge in [0.1, 0.15) is 0 Å². The molecule has 0 amide bonds. The van der Waals surface area contributed by atoms with E-state index in [4.69, 9.17) is 0 Å². The molecule has 0 atom stereocenters. The third kappa shape index (κ3) is 6.41. The number of nitrogens with one attached hydrogen (secondary N) is 1. The van der Waals surface area contributed by atoms with Crippen molar-refractivity contribution in [3.8, 4) is 0 Å². The van der Waals surface area contributed by atoms with Crippen molar-refractivity contribution in [3.05, 3.63) is 48.0 Å². The van der Waals surface area contributed by atoms with Crippen LogP contribution in [-0.2, 0) is 6.54 Å². The number of allylic oxidation sites excluding steroid dienone is 1. The summed E-state index contributed by atoms with van der Waals surface area (Å²) in [6, 6.07) is 8.41. The van der Waals surface area contributed by atoms with Gasteiger partial charge in [0, 0.05) is 27.2 Å². The molecule has 0 saturated carbocycles. The molecule has 0 aromatic heterocycles. The van der Waals surface area contributed by atoms with E-state index in [1.54, 1.807) is 0 Å². The number of nitrogens with zero attached hydrogens (tertiary/aromatic N) is 2. The molecular weight excluding hydrogens is 361 g/mol. The van der Waals surface area contributed by atoms with Crippen LogP contribution < -0.4 is 5.32 Å². The molecule has 0 heterocycles. The summed E-state index contributed by atoms with van der Waals surface area (Å²) in [5.74, 6) is 0.937. The fourth-order valence-corrected chi connectivity index (χ4v) is 1.95. The second-order valence-corrected chi connectivity index (χ2v) is 4.68. The Morgan fingerprint density at radius 1 is 1.40 bits per heavy atom. The van der Waals surface area contributed by atoms with E-state index < -0.39 is 0 Å². The van der Waals surface area contributed by atoms with Crippen LogP contribution in [0.15, 0.2) is 41.9 Å². The maximum absolute atomic E-state index is 4.32. The molecule has 0 fully saturated rings. The summed E-state index contributed by atoms with van der Waals surface area (Å²) in [6.45, 7) is 7.67. The molecule has 3 nitrogen and oxygen atoms in total. The van der Waals surface area contributed by atoms with Crippen LogP contribution >= 0.6 is 24.0 Å². The average molecular weight is 387 g/mol. The van der Waals surface area contributed by atoms with Crippen LogP contribution in [0, 0.1) is 6.92 Å². The second kappa shape index (κ2) is 10.7. The summed E-state index contributed by atoms with van der Waals surface area (Å²) in [5.41, 5.74) is 2.61. The molecule has 0 saturated heterocycles. The predicted octanol–water partition coefficient (Wildman–Crippen LogP) is 3.59. The maximum Gasteiger partial charge on any atom is 0.193 e. The molecule has 0 spiro atoms. The van der Waals surface area contributed by atoms with Crippen LogP contribution in [0.25, 0.3) is 0 Å². The van der Waals surface area contributed by atoms with E-state index in [0.29, 0.717) is 0 Å². The lowest BCUT2D eigenvalue weighted by atomic mass is 10.1. The van der Waals surface area contributed by atoms with Crippen molar-refractivity contribution in [2.24, 2.45) is 4.99 Å². The maximum atomic E-state index is 4.32. The van der Waals surface area contributed by atoms with E-state index in [9.17, 15) is 0 Å². The van der Waals surface area contributed by atoms with Crippen molar-refractivity contribution in [2.75, 3.05) is 20.6 Å². The summed E-state index contributed by atoms with van der Waals surface area (Å²) in [4.78, 5) is 6.47. The van der Waals surface area contributed by atoms with Gasteiger partial charge in [0.05, 0.1) is 0 Å². The molecule has 1 rings (SSSR count). The molecule has 0 aliphatic rings. The Labute approximate surface area is 140 Å². The van der Waals surface area contributed by atoms with Gasteiger partial charge in [0.15, 0.2) is 5.96 Å². The molecule has 1 aromatic rings. The number of hydrogen-bond acceptors (Lipinski definition) is 1. The van der Waals surface area contributed by atoms with Crippen LogP contribution in [0.1, 0.15) is 24.0 Å². The van der Waals surface area contributed by atoms with Crippen LogP contribution in [0.4, 0.5) is 0 Å². The van der Waals surface area contributed by atoms with Gasteiger partial charge in [0.2, 0.25) is 0 Å². The Bertz CT molecular complexity index is 429. The number of halogens is 1. The van der Waals surface area contributed by atoms with E-state index >= 15 is 0 Å². The lowest BCUT2D eigenvalue weighted by molar-refractivity contribution is 0.470. The third-order valence-electron chi connectivity index (χ3n) is 3.17. The van der Waals surface area contributed by atoms with E-state index in [2.05, 4.69) is 60.0 Å². The van der Waals surface area contributed by atoms with E-state index in [0.717, 1.165) is 31.9 Å². The summed E-state index contributed by atoms with van der Waals surface area (Å²) in [6.07, 6.45) is 4.10. The molecule has 0 aliphatic heterocycles. The number of guanidine groups is 1. The normalized spacial score (nSPS) is 10.7. The Morgan fingerprint density at radius 2 is 2.10 bits per heavy atom. The topological polar surface area (TPSA) is 27.6 Å². The first-order valence-corrected chi connectivity index (χ1v) is 6.76. The minimum atomic E-state index is 0. The van der Waals surface area contributed by atoms with Crippen molar-refractivity contribution in [1.82, 2.24) is 10.2 Å². The zero-order valence-electron chi connectivity index (χ0n) is 12.7. The minimum Gasteiger partial charge on any atom is -0.352 e. The van der Waals surface area contributed by atoms with Crippen molar-refractivity contribution < 1.29 is 0 Å². The van der Waals surface area contributed by atoms with Crippen LogP contribution in [0.3, 0.4) is 0 Å². The largest absolute Gasteiger partial charge is 0.352 e. The van der Waals surface area contributed by atoms with Gasteiger partial charge in [-0.3, -0.25) is 4.99 Å². The summed E-state index contributed by atoms with van der Waals surface area (Å²) >= 11 is 0. The van der Waals surface area contributed by atoms with Gasteiger partial charge in [-0.15, -0.1) is 30.6 Å². The first kappa shape index (κ1) is 19.0. The van der Waals surface area contributed by atoms with E-state index in [1.165, 1.54) is 11.1 Å². The molecular formula is C16H26IN3. The van der Waals surface area contributed by atoms with Gasteiger partial charge in [0.25, 0.3) is 0 Å². The smallest absolute Gasteiger partial charge is 0.193 e. The average Bonchev–Trinajstić information content (AvgIpc) is 2.41. The molecule has 0 bridgehead atoms. The fourth-order valence-electron chi connectivity index (χ4n) is 1.95. The van der Waals surface area contributed by atoms with Gasteiger partial charge in [-0.25, -0.2) is 0 Å². The van der Waals surface area contributed by atoms with Crippen LogP contribution in [0.2, 0.25) is 0 Å². The highest BCUT2D eigenvalue weighted by Gasteiger charge is 2.05. The molecule has 4 heteroatoms.